The van der Waals surface area contributed by atoms with Crippen LogP contribution in [0.2, 0.25) is 0 Å². The smallest absolute Gasteiger partial charge is 0.339 e. The van der Waals surface area contributed by atoms with E-state index < -0.39 is 5.97 Å². The van der Waals surface area contributed by atoms with Gasteiger partial charge in [-0.25, -0.2) is 14.8 Å². The molecule has 0 bridgehead atoms. The molecule has 6 nitrogen and oxygen atoms in total. The molecule has 92 valence electrons. The number of aromatic carboxylic acids is 1. The highest BCUT2D eigenvalue weighted by atomic mass is 32.2. The number of esters is 1. The second-order valence-electron chi connectivity index (χ2n) is 3.05. The fourth-order valence-corrected chi connectivity index (χ4v) is 1.71. The van der Waals surface area contributed by atoms with Crippen LogP contribution in [0.15, 0.2) is 11.4 Å². The number of carboxylic acid groups (broad SMARTS) is 1. The van der Waals surface area contributed by atoms with Gasteiger partial charge >= 0.3 is 11.9 Å². The summed E-state index contributed by atoms with van der Waals surface area (Å²) in [7, 11) is 0. The van der Waals surface area contributed by atoms with Crippen LogP contribution in [-0.2, 0) is 9.53 Å². The number of aryl methyl sites for hydroxylation is 1. The van der Waals surface area contributed by atoms with E-state index in [0.717, 1.165) is 11.8 Å². The summed E-state index contributed by atoms with van der Waals surface area (Å²) in [5.41, 5.74) is 0.435. The Morgan fingerprint density at radius 1 is 1.53 bits per heavy atom. The highest BCUT2D eigenvalue weighted by Crippen LogP contribution is 2.14. The van der Waals surface area contributed by atoms with E-state index in [4.69, 9.17) is 9.84 Å². The Kier molecular flexibility index (Phi) is 4.89. The Morgan fingerprint density at radius 2 is 2.24 bits per heavy atom. The van der Waals surface area contributed by atoms with Gasteiger partial charge in [-0.3, -0.25) is 4.79 Å². The fraction of sp³-hybridized carbons (Fsp3) is 0.400. The first kappa shape index (κ1) is 13.4. The maximum absolute atomic E-state index is 11.1. The predicted octanol–water partition coefficient (Wildman–Crippen LogP) is 1.14. The van der Waals surface area contributed by atoms with Crippen LogP contribution in [0.3, 0.4) is 0 Å². The molecule has 0 fully saturated rings. The summed E-state index contributed by atoms with van der Waals surface area (Å²) in [6, 6.07) is 0. The molecule has 0 aromatic carbocycles. The van der Waals surface area contributed by atoms with Crippen molar-refractivity contribution in [2.24, 2.45) is 0 Å². The zero-order valence-corrected chi connectivity index (χ0v) is 10.3. The third-order valence-corrected chi connectivity index (χ3v) is 2.65. The van der Waals surface area contributed by atoms with E-state index in [9.17, 15) is 9.59 Å². The van der Waals surface area contributed by atoms with E-state index in [-0.39, 0.29) is 17.3 Å². The van der Waals surface area contributed by atoms with Gasteiger partial charge in [0, 0.05) is 6.20 Å². The lowest BCUT2D eigenvalue weighted by Gasteiger charge is -2.03. The number of rotatable bonds is 5. The summed E-state index contributed by atoms with van der Waals surface area (Å²) < 4.78 is 4.75. The van der Waals surface area contributed by atoms with Crippen molar-refractivity contribution in [1.82, 2.24) is 9.97 Å². The molecule has 0 atom stereocenters. The molecule has 1 aromatic heterocycles. The van der Waals surface area contributed by atoms with E-state index in [2.05, 4.69) is 9.97 Å². The van der Waals surface area contributed by atoms with Crippen LogP contribution >= 0.6 is 11.8 Å². The van der Waals surface area contributed by atoms with Gasteiger partial charge in [-0.15, -0.1) is 0 Å². The number of aromatic nitrogens is 2. The van der Waals surface area contributed by atoms with Gasteiger partial charge in [-0.1, -0.05) is 11.8 Å². The van der Waals surface area contributed by atoms with E-state index in [1.54, 1.807) is 13.8 Å². The third-order valence-electron chi connectivity index (χ3n) is 1.81. The van der Waals surface area contributed by atoms with Crippen molar-refractivity contribution in [3.8, 4) is 0 Å². The third kappa shape index (κ3) is 4.03. The van der Waals surface area contributed by atoms with Crippen LogP contribution < -0.4 is 0 Å². The molecule has 1 aromatic rings. The minimum Gasteiger partial charge on any atom is -0.478 e. The lowest BCUT2D eigenvalue weighted by atomic mass is 10.2. The van der Waals surface area contributed by atoms with Crippen LogP contribution in [0, 0.1) is 6.92 Å². The Labute approximate surface area is 102 Å². The van der Waals surface area contributed by atoms with Crippen LogP contribution in [0.4, 0.5) is 0 Å². The van der Waals surface area contributed by atoms with Crippen molar-refractivity contribution in [2.75, 3.05) is 12.4 Å². The first-order chi connectivity index (χ1) is 8.04. The van der Waals surface area contributed by atoms with Crippen molar-refractivity contribution in [3.63, 3.8) is 0 Å². The normalized spacial score (nSPS) is 10.0. The monoisotopic (exact) mass is 256 g/mol. The number of hydrogen-bond acceptors (Lipinski definition) is 6. The van der Waals surface area contributed by atoms with Gasteiger partial charge in [-0.2, -0.15) is 0 Å². The molecular weight excluding hydrogens is 244 g/mol. The van der Waals surface area contributed by atoms with Crippen LogP contribution in [0.5, 0.6) is 0 Å². The SMILES string of the molecule is CCOC(=O)CSc1ncc(C(=O)O)c(C)n1. The molecule has 0 aliphatic heterocycles. The molecule has 0 saturated carbocycles. The zero-order chi connectivity index (χ0) is 12.8. The van der Waals surface area contributed by atoms with Gasteiger partial charge in [0.2, 0.25) is 0 Å². The number of thioether (sulfide) groups is 1. The highest BCUT2D eigenvalue weighted by Gasteiger charge is 2.11. The zero-order valence-electron chi connectivity index (χ0n) is 9.47. The number of carbonyl (C=O) groups excluding carboxylic acids is 1. The van der Waals surface area contributed by atoms with Crippen molar-refractivity contribution < 1.29 is 19.4 Å². The van der Waals surface area contributed by atoms with Crippen LogP contribution in [0.25, 0.3) is 0 Å². The Morgan fingerprint density at radius 3 is 2.76 bits per heavy atom. The molecule has 0 radical (unpaired) electrons. The van der Waals surface area contributed by atoms with Gasteiger partial charge in [-0.05, 0) is 13.8 Å². The van der Waals surface area contributed by atoms with Crippen LogP contribution in [-0.4, -0.2) is 39.4 Å². The number of hydrogen-bond donors (Lipinski definition) is 1. The topological polar surface area (TPSA) is 89.4 Å². The maximum Gasteiger partial charge on any atom is 0.339 e. The molecule has 0 unspecified atom stereocenters. The lowest BCUT2D eigenvalue weighted by molar-refractivity contribution is -0.139. The van der Waals surface area contributed by atoms with Crippen molar-refractivity contribution in [2.45, 2.75) is 19.0 Å². The quantitative estimate of drug-likeness (QED) is 0.480. The average Bonchev–Trinajstić information content (AvgIpc) is 2.26. The van der Waals surface area contributed by atoms with Gasteiger partial charge in [0.1, 0.15) is 0 Å². The van der Waals surface area contributed by atoms with Crippen molar-refractivity contribution in [1.29, 1.82) is 0 Å². The number of nitrogens with zero attached hydrogens (tertiary/aromatic N) is 2. The summed E-state index contributed by atoms with van der Waals surface area (Å²) in [6.45, 7) is 3.64. The van der Waals surface area contributed by atoms with E-state index in [1.807, 2.05) is 0 Å². The average molecular weight is 256 g/mol. The molecule has 0 aliphatic carbocycles. The van der Waals surface area contributed by atoms with Gasteiger partial charge in [0.25, 0.3) is 0 Å². The fourth-order valence-electron chi connectivity index (χ4n) is 1.05. The predicted molar refractivity (Wildman–Crippen MR) is 61.1 cm³/mol. The van der Waals surface area contributed by atoms with E-state index in [0.29, 0.717) is 17.5 Å². The van der Waals surface area contributed by atoms with Gasteiger partial charge < -0.3 is 9.84 Å². The number of ether oxygens (including phenoxy) is 1. The number of carboxylic acids is 1. The second kappa shape index (κ2) is 6.19. The first-order valence-corrected chi connectivity index (χ1v) is 5.88. The molecule has 0 amide bonds. The second-order valence-corrected chi connectivity index (χ2v) is 3.99. The van der Waals surface area contributed by atoms with E-state index >= 15 is 0 Å². The van der Waals surface area contributed by atoms with Crippen molar-refractivity contribution >= 4 is 23.7 Å². The molecular formula is C10H12N2O4S. The molecule has 0 saturated heterocycles. The molecule has 1 rings (SSSR count). The molecule has 1 heterocycles. The molecule has 0 aliphatic rings. The van der Waals surface area contributed by atoms with E-state index in [1.165, 1.54) is 6.20 Å². The largest absolute Gasteiger partial charge is 0.478 e. The first-order valence-electron chi connectivity index (χ1n) is 4.90. The minimum absolute atomic E-state index is 0.0606. The molecule has 0 spiro atoms. The van der Waals surface area contributed by atoms with Gasteiger partial charge in [0.05, 0.1) is 23.6 Å². The van der Waals surface area contributed by atoms with Gasteiger partial charge in [0.15, 0.2) is 5.16 Å². The number of carbonyl (C=O) groups is 2. The van der Waals surface area contributed by atoms with Crippen molar-refractivity contribution in [3.05, 3.63) is 17.5 Å². The van der Waals surface area contributed by atoms with Crippen LogP contribution in [0.1, 0.15) is 23.0 Å². The Hall–Kier alpha value is -1.63. The Bertz CT molecular complexity index is 436. The standard InChI is InChI=1S/C10H12N2O4S/c1-3-16-8(13)5-17-10-11-4-7(9(14)15)6(2)12-10/h4H,3,5H2,1-2H3,(H,14,15). The summed E-state index contributed by atoms with van der Waals surface area (Å²) >= 11 is 1.11. The lowest BCUT2D eigenvalue weighted by Crippen LogP contribution is -2.08. The Balaban J connectivity index is 2.65. The summed E-state index contributed by atoms with van der Waals surface area (Å²) in [5, 5.41) is 9.15. The minimum atomic E-state index is -1.07. The summed E-state index contributed by atoms with van der Waals surface area (Å²) in [5.74, 6) is -1.30. The molecule has 1 N–H and O–H groups in total. The summed E-state index contributed by atoms with van der Waals surface area (Å²) in [6.07, 6.45) is 1.23. The summed E-state index contributed by atoms with van der Waals surface area (Å²) in [4.78, 5) is 29.7. The highest BCUT2D eigenvalue weighted by molar-refractivity contribution is 7.99. The molecule has 17 heavy (non-hydrogen) atoms. The maximum atomic E-state index is 11.1. The molecule has 7 heteroatoms.